The lowest BCUT2D eigenvalue weighted by atomic mass is 9.98. The zero-order valence-electron chi connectivity index (χ0n) is 15.7. The first-order valence-corrected chi connectivity index (χ1v) is 8.90. The van der Waals surface area contributed by atoms with E-state index in [1.54, 1.807) is 21.3 Å². The van der Waals surface area contributed by atoms with Crippen LogP contribution in [0.15, 0.2) is 12.1 Å². The SMILES string of the molecule is COc1ccc(CCC(=O)N2CC3CCC(N)C3C2)c(OC)c1OC.Cl. The van der Waals surface area contributed by atoms with Gasteiger partial charge in [-0.05, 0) is 42.7 Å². The Morgan fingerprint density at radius 3 is 2.46 bits per heavy atom. The van der Waals surface area contributed by atoms with E-state index in [1.807, 2.05) is 17.0 Å². The van der Waals surface area contributed by atoms with Crippen LogP contribution in [0.2, 0.25) is 0 Å². The normalized spacial score (nSPS) is 24.0. The van der Waals surface area contributed by atoms with Crippen LogP contribution in [-0.4, -0.2) is 51.3 Å². The van der Waals surface area contributed by atoms with E-state index >= 15 is 0 Å². The number of aryl methyl sites for hydroxylation is 1. The third-order valence-electron chi connectivity index (χ3n) is 5.66. The largest absolute Gasteiger partial charge is 0.493 e. The van der Waals surface area contributed by atoms with Crippen molar-refractivity contribution in [3.05, 3.63) is 17.7 Å². The van der Waals surface area contributed by atoms with Crippen LogP contribution in [0.4, 0.5) is 0 Å². The van der Waals surface area contributed by atoms with Crippen LogP contribution in [0.1, 0.15) is 24.8 Å². The van der Waals surface area contributed by atoms with E-state index in [-0.39, 0.29) is 24.4 Å². The summed E-state index contributed by atoms with van der Waals surface area (Å²) < 4.78 is 16.2. The fourth-order valence-electron chi connectivity index (χ4n) is 4.27. The molecule has 3 atom stereocenters. The van der Waals surface area contributed by atoms with Gasteiger partial charge in [0.1, 0.15) is 0 Å². The van der Waals surface area contributed by atoms with Crippen molar-refractivity contribution >= 4 is 18.3 Å². The van der Waals surface area contributed by atoms with Gasteiger partial charge in [-0.25, -0.2) is 0 Å². The number of methoxy groups -OCH3 is 3. The third-order valence-corrected chi connectivity index (χ3v) is 5.66. The van der Waals surface area contributed by atoms with Crippen molar-refractivity contribution in [1.29, 1.82) is 0 Å². The molecule has 2 fully saturated rings. The number of hydrogen-bond acceptors (Lipinski definition) is 5. The Morgan fingerprint density at radius 1 is 1.12 bits per heavy atom. The number of amides is 1. The summed E-state index contributed by atoms with van der Waals surface area (Å²) in [6.45, 7) is 1.67. The molecule has 3 rings (SSSR count). The van der Waals surface area contributed by atoms with Crippen molar-refractivity contribution in [3.63, 3.8) is 0 Å². The zero-order valence-corrected chi connectivity index (χ0v) is 16.5. The van der Waals surface area contributed by atoms with Crippen molar-refractivity contribution in [2.24, 2.45) is 17.6 Å². The number of fused-ring (bicyclic) bond motifs is 1. The lowest BCUT2D eigenvalue weighted by molar-refractivity contribution is -0.130. The van der Waals surface area contributed by atoms with Gasteiger partial charge in [-0.1, -0.05) is 6.07 Å². The van der Waals surface area contributed by atoms with Crippen molar-refractivity contribution in [2.75, 3.05) is 34.4 Å². The number of nitrogens with zero attached hydrogens (tertiary/aromatic N) is 1. The maximum absolute atomic E-state index is 12.6. The molecule has 1 saturated heterocycles. The average Bonchev–Trinajstić information content (AvgIpc) is 3.20. The Hall–Kier alpha value is -1.66. The Kier molecular flexibility index (Phi) is 7.01. The van der Waals surface area contributed by atoms with E-state index < -0.39 is 0 Å². The fraction of sp³-hybridized carbons (Fsp3) is 0.632. The first kappa shape index (κ1) is 20.6. The molecule has 1 heterocycles. The number of ether oxygens (including phenoxy) is 3. The molecule has 6 nitrogen and oxygen atoms in total. The minimum absolute atomic E-state index is 0. The van der Waals surface area contributed by atoms with Crippen LogP contribution in [0.25, 0.3) is 0 Å². The van der Waals surface area contributed by atoms with E-state index in [2.05, 4.69) is 0 Å². The van der Waals surface area contributed by atoms with Gasteiger partial charge in [0.2, 0.25) is 11.7 Å². The van der Waals surface area contributed by atoms with Gasteiger partial charge in [-0.3, -0.25) is 4.79 Å². The topological polar surface area (TPSA) is 74.0 Å². The summed E-state index contributed by atoms with van der Waals surface area (Å²) in [5.74, 6) is 3.09. The first-order valence-electron chi connectivity index (χ1n) is 8.90. The van der Waals surface area contributed by atoms with Crippen LogP contribution in [0.5, 0.6) is 17.2 Å². The number of halogens is 1. The molecule has 7 heteroatoms. The molecule has 1 aromatic carbocycles. The van der Waals surface area contributed by atoms with Gasteiger partial charge in [0.15, 0.2) is 11.5 Å². The minimum Gasteiger partial charge on any atom is -0.493 e. The number of carbonyl (C=O) groups excluding carboxylic acids is 1. The summed E-state index contributed by atoms with van der Waals surface area (Å²) >= 11 is 0. The minimum atomic E-state index is 0. The number of carbonyl (C=O) groups is 1. The smallest absolute Gasteiger partial charge is 0.222 e. The lowest BCUT2D eigenvalue weighted by Crippen LogP contribution is -2.33. The molecule has 1 aliphatic carbocycles. The number of nitrogens with two attached hydrogens (primary N) is 1. The number of hydrogen-bond donors (Lipinski definition) is 1. The van der Waals surface area contributed by atoms with E-state index in [0.717, 1.165) is 31.5 Å². The van der Waals surface area contributed by atoms with E-state index in [0.29, 0.717) is 41.9 Å². The molecule has 1 aromatic rings. The first-order chi connectivity index (χ1) is 12.1. The van der Waals surface area contributed by atoms with Crippen LogP contribution in [-0.2, 0) is 11.2 Å². The molecule has 1 saturated carbocycles. The summed E-state index contributed by atoms with van der Waals surface area (Å²) in [4.78, 5) is 14.6. The van der Waals surface area contributed by atoms with E-state index in [1.165, 1.54) is 0 Å². The summed E-state index contributed by atoms with van der Waals surface area (Å²) in [7, 11) is 4.78. The molecule has 0 aromatic heterocycles. The Bertz CT molecular complexity index is 640. The summed E-state index contributed by atoms with van der Waals surface area (Å²) in [5.41, 5.74) is 7.11. The molecular formula is C19H29ClN2O4. The van der Waals surface area contributed by atoms with Gasteiger partial charge in [0.05, 0.1) is 21.3 Å². The maximum atomic E-state index is 12.6. The zero-order chi connectivity index (χ0) is 18.0. The van der Waals surface area contributed by atoms with Crippen molar-refractivity contribution in [1.82, 2.24) is 4.90 Å². The van der Waals surface area contributed by atoms with Gasteiger partial charge < -0.3 is 24.8 Å². The molecular weight excluding hydrogens is 356 g/mol. The van der Waals surface area contributed by atoms with Crippen LogP contribution in [0, 0.1) is 11.8 Å². The highest BCUT2D eigenvalue weighted by atomic mass is 35.5. The van der Waals surface area contributed by atoms with Crippen molar-refractivity contribution in [2.45, 2.75) is 31.7 Å². The molecule has 0 bridgehead atoms. The van der Waals surface area contributed by atoms with Gasteiger partial charge in [0, 0.05) is 25.6 Å². The number of benzene rings is 1. The van der Waals surface area contributed by atoms with Gasteiger partial charge in [-0.2, -0.15) is 0 Å². The molecule has 1 aliphatic heterocycles. The van der Waals surface area contributed by atoms with Crippen LogP contribution < -0.4 is 19.9 Å². The number of likely N-dealkylation sites (tertiary alicyclic amines) is 1. The highest BCUT2D eigenvalue weighted by Crippen LogP contribution is 2.41. The Morgan fingerprint density at radius 2 is 1.85 bits per heavy atom. The lowest BCUT2D eigenvalue weighted by Gasteiger charge is -2.20. The van der Waals surface area contributed by atoms with Crippen molar-refractivity contribution in [3.8, 4) is 17.2 Å². The highest BCUT2D eigenvalue weighted by Gasteiger charge is 2.42. The summed E-state index contributed by atoms with van der Waals surface area (Å²) in [6, 6.07) is 4.04. The van der Waals surface area contributed by atoms with Crippen molar-refractivity contribution < 1.29 is 19.0 Å². The predicted molar refractivity (Wildman–Crippen MR) is 102 cm³/mol. The summed E-state index contributed by atoms with van der Waals surface area (Å²) in [6.07, 6.45) is 3.32. The second kappa shape index (κ2) is 8.82. The molecule has 2 aliphatic rings. The van der Waals surface area contributed by atoms with E-state index in [4.69, 9.17) is 19.9 Å². The highest BCUT2D eigenvalue weighted by molar-refractivity contribution is 5.85. The molecule has 0 radical (unpaired) electrons. The third kappa shape index (κ3) is 3.86. The van der Waals surface area contributed by atoms with Gasteiger partial charge >= 0.3 is 0 Å². The van der Waals surface area contributed by atoms with Crippen LogP contribution >= 0.6 is 12.4 Å². The molecule has 146 valence electrons. The molecule has 26 heavy (non-hydrogen) atoms. The maximum Gasteiger partial charge on any atom is 0.222 e. The van der Waals surface area contributed by atoms with Gasteiger partial charge in [-0.15, -0.1) is 12.4 Å². The van der Waals surface area contributed by atoms with Gasteiger partial charge in [0.25, 0.3) is 0 Å². The quantitative estimate of drug-likeness (QED) is 0.814. The predicted octanol–water partition coefficient (Wildman–Crippen LogP) is 2.26. The monoisotopic (exact) mass is 384 g/mol. The Labute approximate surface area is 161 Å². The summed E-state index contributed by atoms with van der Waals surface area (Å²) in [5, 5.41) is 0. The number of rotatable bonds is 6. The fourth-order valence-corrected chi connectivity index (χ4v) is 4.27. The second-order valence-corrected chi connectivity index (χ2v) is 6.96. The van der Waals surface area contributed by atoms with Crippen LogP contribution in [0.3, 0.4) is 0 Å². The second-order valence-electron chi connectivity index (χ2n) is 6.96. The standard InChI is InChI=1S/C19H28N2O4.ClH/c1-23-16-8-5-12(18(24-2)19(16)25-3)6-9-17(22)21-10-13-4-7-15(20)14(13)11-21;/h5,8,13-15H,4,6-7,9-11,20H2,1-3H3;1H. The molecule has 0 spiro atoms. The molecule has 3 unspecified atom stereocenters. The molecule has 2 N–H and O–H groups in total. The Balaban J connectivity index is 0.00000243. The molecule has 1 amide bonds. The average molecular weight is 385 g/mol. The van der Waals surface area contributed by atoms with E-state index in [9.17, 15) is 4.79 Å².